The summed E-state index contributed by atoms with van der Waals surface area (Å²) in [5.41, 5.74) is 6.20. The average Bonchev–Trinajstić information content (AvgIpc) is 2.30. The molecule has 0 spiro atoms. The average molecular weight is 314 g/mol. The molecule has 100 valence electrons. The molecule has 0 unspecified atom stereocenters. The van der Waals surface area contributed by atoms with Crippen molar-refractivity contribution in [3.8, 4) is 0 Å². The second-order valence-electron chi connectivity index (χ2n) is 4.00. The number of para-hydroxylation sites is 1. The van der Waals surface area contributed by atoms with E-state index in [0.29, 0.717) is 9.92 Å². The Kier molecular flexibility index (Phi) is 4.08. The Bertz CT molecular complexity index is 714. The lowest BCUT2D eigenvalue weighted by atomic mass is 10.3. The molecule has 0 aromatic heterocycles. The highest BCUT2D eigenvalue weighted by Crippen LogP contribution is 2.35. The van der Waals surface area contributed by atoms with Crippen LogP contribution < -0.4 is 5.73 Å². The molecule has 0 bridgehead atoms. The van der Waals surface area contributed by atoms with Crippen LogP contribution in [0, 0.1) is 0 Å². The topological polar surface area (TPSA) is 60.2 Å². The van der Waals surface area contributed by atoms with Crippen LogP contribution in [0.2, 0.25) is 5.02 Å². The van der Waals surface area contributed by atoms with Gasteiger partial charge < -0.3 is 5.73 Å². The van der Waals surface area contributed by atoms with Crippen LogP contribution in [0.15, 0.2) is 57.2 Å². The monoisotopic (exact) mass is 313 g/mol. The second-order valence-corrected chi connectivity index (χ2v) is 7.54. The molecule has 2 aromatic carbocycles. The Morgan fingerprint density at radius 1 is 1.16 bits per heavy atom. The van der Waals surface area contributed by atoms with Gasteiger partial charge in [0.1, 0.15) is 0 Å². The van der Waals surface area contributed by atoms with E-state index in [1.807, 2.05) is 12.1 Å². The summed E-state index contributed by atoms with van der Waals surface area (Å²) in [5, 5.41) is 0.628. The van der Waals surface area contributed by atoms with Crippen molar-refractivity contribution in [1.29, 1.82) is 0 Å². The lowest BCUT2D eigenvalue weighted by Crippen LogP contribution is -2.03. The predicted octanol–water partition coefficient (Wildman–Crippen LogP) is 3.48. The fourth-order valence-electron chi connectivity index (χ4n) is 1.59. The molecule has 0 aliphatic rings. The van der Waals surface area contributed by atoms with Gasteiger partial charge in [0.2, 0.25) is 0 Å². The van der Waals surface area contributed by atoms with Gasteiger partial charge >= 0.3 is 0 Å². The van der Waals surface area contributed by atoms with Gasteiger partial charge in [0.05, 0.1) is 10.6 Å². The highest BCUT2D eigenvalue weighted by Gasteiger charge is 2.14. The van der Waals surface area contributed by atoms with Crippen LogP contribution in [0.5, 0.6) is 0 Å². The fourth-order valence-corrected chi connectivity index (χ4v) is 3.70. The quantitative estimate of drug-likeness (QED) is 0.881. The van der Waals surface area contributed by atoms with Gasteiger partial charge in [-0.15, -0.1) is 0 Å². The molecule has 2 N–H and O–H groups in total. The van der Waals surface area contributed by atoms with Crippen molar-refractivity contribution >= 4 is 38.9 Å². The number of halogens is 1. The molecule has 3 nitrogen and oxygen atoms in total. The van der Waals surface area contributed by atoms with Crippen LogP contribution in [0.3, 0.4) is 0 Å². The van der Waals surface area contributed by atoms with Crippen LogP contribution in [0.1, 0.15) is 0 Å². The summed E-state index contributed by atoms with van der Waals surface area (Å²) in [5.74, 6) is 0. The van der Waals surface area contributed by atoms with Crippen molar-refractivity contribution in [1.82, 2.24) is 0 Å². The summed E-state index contributed by atoms with van der Waals surface area (Å²) in [6.45, 7) is 0. The lowest BCUT2D eigenvalue weighted by Gasteiger charge is -2.09. The second kappa shape index (κ2) is 5.45. The van der Waals surface area contributed by atoms with Crippen molar-refractivity contribution < 1.29 is 8.42 Å². The van der Waals surface area contributed by atoms with E-state index in [1.54, 1.807) is 24.3 Å². The van der Waals surface area contributed by atoms with Gasteiger partial charge in [-0.3, -0.25) is 0 Å². The molecule has 0 saturated heterocycles. The fraction of sp³-hybridized carbons (Fsp3) is 0.0769. The Balaban J connectivity index is 2.42. The van der Waals surface area contributed by atoms with E-state index < -0.39 is 9.84 Å². The number of benzene rings is 2. The predicted molar refractivity (Wildman–Crippen MR) is 79.5 cm³/mol. The minimum Gasteiger partial charge on any atom is -0.397 e. The number of anilines is 1. The summed E-state index contributed by atoms with van der Waals surface area (Å²) < 4.78 is 23.2. The van der Waals surface area contributed by atoms with Crippen LogP contribution in [0.4, 0.5) is 5.69 Å². The van der Waals surface area contributed by atoms with Crippen molar-refractivity contribution in [3.05, 3.63) is 47.5 Å². The molecule has 2 rings (SSSR count). The number of rotatable bonds is 3. The van der Waals surface area contributed by atoms with E-state index in [0.717, 1.165) is 11.2 Å². The maximum Gasteiger partial charge on any atom is 0.177 e. The minimum absolute atomic E-state index is 0.152. The molecule has 0 fully saturated rings. The Hall–Kier alpha value is -1.17. The smallest absolute Gasteiger partial charge is 0.177 e. The molecule has 0 aliphatic carbocycles. The van der Waals surface area contributed by atoms with Crippen molar-refractivity contribution in [2.45, 2.75) is 14.7 Å². The SMILES string of the molecule is CS(=O)(=O)c1cccc(Sc2cccc(Cl)c2)c1N. The Labute approximate surface area is 121 Å². The van der Waals surface area contributed by atoms with Crippen molar-refractivity contribution in [2.75, 3.05) is 12.0 Å². The van der Waals surface area contributed by atoms with Gasteiger partial charge in [0.25, 0.3) is 0 Å². The maximum atomic E-state index is 11.6. The van der Waals surface area contributed by atoms with Crippen LogP contribution in [0.25, 0.3) is 0 Å². The summed E-state index contributed by atoms with van der Waals surface area (Å²) in [6, 6.07) is 12.3. The van der Waals surface area contributed by atoms with E-state index in [-0.39, 0.29) is 10.6 Å². The summed E-state index contributed by atoms with van der Waals surface area (Å²) in [7, 11) is -3.32. The van der Waals surface area contributed by atoms with Gasteiger partial charge in [-0.25, -0.2) is 8.42 Å². The van der Waals surface area contributed by atoms with Gasteiger partial charge in [0, 0.05) is 21.1 Å². The Morgan fingerprint density at radius 3 is 2.47 bits per heavy atom. The number of hydrogen-bond acceptors (Lipinski definition) is 4. The van der Waals surface area contributed by atoms with Crippen LogP contribution in [-0.4, -0.2) is 14.7 Å². The molecule has 0 aliphatic heterocycles. The van der Waals surface area contributed by atoms with Crippen LogP contribution in [-0.2, 0) is 9.84 Å². The first kappa shape index (κ1) is 14.2. The molecule has 0 saturated carbocycles. The zero-order valence-corrected chi connectivity index (χ0v) is 12.5. The zero-order valence-electron chi connectivity index (χ0n) is 10.1. The first-order valence-corrected chi connectivity index (χ1v) is 8.48. The molecule has 2 aromatic rings. The standard InChI is InChI=1S/C13H12ClNO2S2/c1-19(16,17)12-7-3-6-11(13(12)15)18-10-5-2-4-9(14)8-10/h2-8H,15H2,1H3. The molecular weight excluding hydrogens is 302 g/mol. The summed E-state index contributed by atoms with van der Waals surface area (Å²) >= 11 is 7.30. The molecule has 0 radical (unpaired) electrons. The van der Waals surface area contributed by atoms with E-state index in [9.17, 15) is 8.42 Å². The van der Waals surface area contributed by atoms with E-state index in [4.69, 9.17) is 17.3 Å². The Morgan fingerprint density at radius 2 is 1.84 bits per heavy atom. The van der Waals surface area contributed by atoms with Crippen molar-refractivity contribution in [2.24, 2.45) is 0 Å². The summed E-state index contributed by atoms with van der Waals surface area (Å²) in [6.07, 6.45) is 1.15. The zero-order chi connectivity index (χ0) is 14.0. The number of nitrogens with two attached hydrogens (primary N) is 1. The number of sulfone groups is 1. The third-order valence-corrected chi connectivity index (χ3v) is 4.91. The summed E-state index contributed by atoms with van der Waals surface area (Å²) in [4.78, 5) is 1.76. The van der Waals surface area contributed by atoms with Gasteiger partial charge in [-0.05, 0) is 30.3 Å². The molecule has 0 atom stereocenters. The maximum absolute atomic E-state index is 11.6. The molecule has 6 heteroatoms. The first-order chi connectivity index (χ1) is 8.88. The minimum atomic E-state index is -3.32. The van der Waals surface area contributed by atoms with E-state index in [1.165, 1.54) is 17.8 Å². The molecule has 0 amide bonds. The highest BCUT2D eigenvalue weighted by molar-refractivity contribution is 7.99. The van der Waals surface area contributed by atoms with E-state index in [2.05, 4.69) is 0 Å². The van der Waals surface area contributed by atoms with Crippen LogP contribution >= 0.6 is 23.4 Å². The third kappa shape index (κ3) is 3.43. The number of nitrogen functional groups attached to an aromatic ring is 1. The van der Waals surface area contributed by atoms with Crippen molar-refractivity contribution in [3.63, 3.8) is 0 Å². The third-order valence-electron chi connectivity index (χ3n) is 2.45. The number of hydrogen-bond donors (Lipinski definition) is 1. The lowest BCUT2D eigenvalue weighted by molar-refractivity contribution is 0.602. The largest absolute Gasteiger partial charge is 0.397 e. The highest BCUT2D eigenvalue weighted by atomic mass is 35.5. The normalized spacial score (nSPS) is 11.5. The molecule has 19 heavy (non-hydrogen) atoms. The van der Waals surface area contributed by atoms with Gasteiger partial charge in [-0.1, -0.05) is 35.5 Å². The molecular formula is C13H12ClNO2S2. The van der Waals surface area contributed by atoms with Gasteiger partial charge in [0.15, 0.2) is 9.84 Å². The first-order valence-electron chi connectivity index (χ1n) is 5.40. The van der Waals surface area contributed by atoms with Gasteiger partial charge in [-0.2, -0.15) is 0 Å². The molecule has 0 heterocycles. The van der Waals surface area contributed by atoms with E-state index >= 15 is 0 Å².